The van der Waals surface area contributed by atoms with Gasteiger partial charge in [-0.1, -0.05) is 0 Å². The minimum atomic E-state index is 0. The van der Waals surface area contributed by atoms with Crippen molar-refractivity contribution >= 4 is 33.0 Å². The summed E-state index contributed by atoms with van der Waals surface area (Å²) in [5.41, 5.74) is 1.26. The zero-order chi connectivity index (χ0) is 10.7. The van der Waals surface area contributed by atoms with E-state index in [9.17, 15) is 4.79 Å². The Morgan fingerprint density at radius 2 is 1.44 bits per heavy atom. The Labute approximate surface area is 115 Å². The average molecular weight is 316 g/mol. The maximum absolute atomic E-state index is 10.6. The van der Waals surface area contributed by atoms with Gasteiger partial charge in [-0.25, -0.2) is 0 Å². The predicted molar refractivity (Wildman–Crippen MR) is 72.5 cm³/mol. The van der Waals surface area contributed by atoms with Gasteiger partial charge in [-0.15, -0.1) is 0 Å². The molecule has 6 N–H and O–H groups in total. The monoisotopic (exact) mass is 317 g/mol. The molecule has 3 radical (unpaired) electrons. The van der Waals surface area contributed by atoms with Crippen molar-refractivity contribution in [1.29, 1.82) is 0 Å². The van der Waals surface area contributed by atoms with Gasteiger partial charge in [0.05, 0.1) is 0 Å². The minimum absolute atomic E-state index is 0. The molecule has 1 aromatic carbocycles. The number of carbonyl (C=O) groups is 1. The summed E-state index contributed by atoms with van der Waals surface area (Å²) in [4.78, 5) is 14.7. The number of hydrogen-bond acceptors (Lipinski definition) is 2. The molecule has 7 heteroatoms. The fourth-order valence-electron chi connectivity index (χ4n) is 1.76. The molecule has 0 saturated carbocycles. The standard InChI is InChI=1S/C11H13GeN2O.3H2O/c12-10-1-3-11(4-2-10)14-7-5-13(9-15)6-8-14;;;/h1-4,9H,5-8H2;3*1H2. The molecule has 0 unspecified atom stereocenters. The first kappa shape index (κ1) is 19.3. The van der Waals surface area contributed by atoms with Gasteiger partial charge in [0.15, 0.2) is 0 Å². The number of hydrogen-bond donors (Lipinski definition) is 0. The van der Waals surface area contributed by atoms with Gasteiger partial charge < -0.3 is 16.4 Å². The van der Waals surface area contributed by atoms with E-state index in [4.69, 9.17) is 0 Å². The first-order valence-electron chi connectivity index (χ1n) is 5.05. The second-order valence-electron chi connectivity index (χ2n) is 3.68. The van der Waals surface area contributed by atoms with E-state index in [0.29, 0.717) is 0 Å². The Morgan fingerprint density at radius 3 is 1.89 bits per heavy atom. The average Bonchev–Trinajstić information content (AvgIpc) is 2.30. The molecule has 0 spiro atoms. The third-order valence-electron chi connectivity index (χ3n) is 2.70. The van der Waals surface area contributed by atoms with Crippen LogP contribution >= 0.6 is 0 Å². The molecule has 1 aliphatic heterocycles. The molecule has 2 rings (SSSR count). The third kappa shape index (κ3) is 4.65. The Bertz CT molecular complexity index is 339. The van der Waals surface area contributed by atoms with Crippen molar-refractivity contribution in [3.63, 3.8) is 0 Å². The molecule has 6 nitrogen and oxygen atoms in total. The number of anilines is 1. The van der Waals surface area contributed by atoms with E-state index >= 15 is 0 Å². The first-order valence-corrected chi connectivity index (χ1v) is 6.10. The molecule has 1 aromatic rings. The molecule has 0 aliphatic carbocycles. The van der Waals surface area contributed by atoms with Crippen molar-refractivity contribution in [2.75, 3.05) is 31.1 Å². The summed E-state index contributed by atoms with van der Waals surface area (Å²) in [6.07, 6.45) is 0.937. The van der Waals surface area contributed by atoms with E-state index in [0.717, 1.165) is 32.6 Å². The van der Waals surface area contributed by atoms with E-state index in [1.54, 1.807) is 0 Å². The van der Waals surface area contributed by atoms with Gasteiger partial charge >= 0.3 is 98.0 Å². The van der Waals surface area contributed by atoms with Crippen LogP contribution in [0.2, 0.25) is 0 Å². The second-order valence-corrected chi connectivity index (χ2v) is 4.89. The summed E-state index contributed by atoms with van der Waals surface area (Å²) >= 11 is 2.09. The van der Waals surface area contributed by atoms with Crippen molar-refractivity contribution in [2.24, 2.45) is 0 Å². The van der Waals surface area contributed by atoms with Crippen molar-refractivity contribution < 1.29 is 21.2 Å². The van der Waals surface area contributed by atoms with Crippen LogP contribution in [-0.4, -0.2) is 70.4 Å². The topological polar surface area (TPSA) is 118 Å². The van der Waals surface area contributed by atoms with Crippen LogP contribution < -0.4 is 9.30 Å². The molecule has 1 heterocycles. The summed E-state index contributed by atoms with van der Waals surface area (Å²) < 4.78 is 1.28. The van der Waals surface area contributed by atoms with Crippen LogP contribution in [0.15, 0.2) is 24.3 Å². The van der Waals surface area contributed by atoms with Crippen LogP contribution in [0.5, 0.6) is 0 Å². The molecule has 18 heavy (non-hydrogen) atoms. The molecule has 1 fully saturated rings. The van der Waals surface area contributed by atoms with Gasteiger partial charge in [-0.2, -0.15) is 0 Å². The SMILES string of the molecule is O.O.O.O=CN1CCN(c2cc[c]([Ge])cc2)CC1. The van der Waals surface area contributed by atoms with E-state index < -0.39 is 0 Å². The molecule has 1 amide bonds. The number of carbonyl (C=O) groups excluding carboxylic acids is 1. The molecule has 0 aromatic heterocycles. The van der Waals surface area contributed by atoms with Crippen LogP contribution in [0, 0.1) is 0 Å². The quantitative estimate of drug-likeness (QED) is 0.435. The van der Waals surface area contributed by atoms with E-state index in [2.05, 4.69) is 45.7 Å². The molecule has 0 bridgehead atoms. The van der Waals surface area contributed by atoms with Crippen LogP contribution in [0.4, 0.5) is 5.69 Å². The Morgan fingerprint density at radius 1 is 0.944 bits per heavy atom. The van der Waals surface area contributed by atoms with Gasteiger partial charge in [0.1, 0.15) is 0 Å². The molecular formula is C11H19GeN2O4. The first-order chi connectivity index (χ1) is 7.29. The number of piperazine rings is 1. The number of benzene rings is 1. The maximum atomic E-state index is 10.6. The van der Waals surface area contributed by atoms with Gasteiger partial charge in [0, 0.05) is 0 Å². The number of rotatable bonds is 2. The summed E-state index contributed by atoms with van der Waals surface area (Å²) in [5.74, 6) is 0. The van der Waals surface area contributed by atoms with Gasteiger partial charge in [0.25, 0.3) is 0 Å². The van der Waals surface area contributed by atoms with Crippen LogP contribution in [0.3, 0.4) is 0 Å². The normalized spacial score (nSPS) is 13.8. The van der Waals surface area contributed by atoms with Gasteiger partial charge in [0.2, 0.25) is 0 Å². The van der Waals surface area contributed by atoms with E-state index in [1.165, 1.54) is 10.1 Å². The Hall–Kier alpha value is -1.09. The molecule has 0 atom stereocenters. The Balaban J connectivity index is 0. The van der Waals surface area contributed by atoms with Crippen LogP contribution in [0.25, 0.3) is 0 Å². The predicted octanol–water partition coefficient (Wildman–Crippen LogP) is -2.72. The van der Waals surface area contributed by atoms with Crippen molar-refractivity contribution in [3.8, 4) is 0 Å². The number of nitrogens with zero attached hydrogens (tertiary/aromatic N) is 2. The van der Waals surface area contributed by atoms with Crippen molar-refractivity contribution in [3.05, 3.63) is 24.3 Å². The molecule has 1 saturated heterocycles. The van der Waals surface area contributed by atoms with Crippen molar-refractivity contribution in [1.82, 2.24) is 4.90 Å². The molecule has 101 valence electrons. The summed E-state index contributed by atoms with van der Waals surface area (Å²) in [6, 6.07) is 8.54. The second kappa shape index (κ2) is 8.92. The fraction of sp³-hybridized carbons (Fsp3) is 0.364. The van der Waals surface area contributed by atoms with Crippen LogP contribution in [0.1, 0.15) is 0 Å². The van der Waals surface area contributed by atoms with Gasteiger partial charge in [-0.3, -0.25) is 0 Å². The summed E-state index contributed by atoms with van der Waals surface area (Å²) in [6.45, 7) is 3.53. The van der Waals surface area contributed by atoms with E-state index in [1.807, 2.05) is 4.90 Å². The third-order valence-corrected chi connectivity index (χ3v) is 3.40. The molecule has 1 aliphatic rings. The van der Waals surface area contributed by atoms with Crippen LogP contribution in [-0.2, 0) is 4.79 Å². The van der Waals surface area contributed by atoms with Crippen molar-refractivity contribution in [2.45, 2.75) is 0 Å². The Kier molecular flexibility index (Phi) is 9.55. The zero-order valence-electron chi connectivity index (χ0n) is 10.0. The summed E-state index contributed by atoms with van der Waals surface area (Å²) in [5, 5.41) is 0. The van der Waals surface area contributed by atoms with E-state index in [-0.39, 0.29) is 16.4 Å². The number of amides is 1. The van der Waals surface area contributed by atoms with Gasteiger partial charge in [-0.05, 0) is 0 Å². The summed E-state index contributed by atoms with van der Waals surface area (Å²) in [7, 11) is 0. The fourth-order valence-corrected chi connectivity index (χ4v) is 2.11. The zero-order valence-corrected chi connectivity index (χ0v) is 12.1. The molecular weight excluding hydrogens is 297 g/mol.